The Bertz CT molecular complexity index is 838. The Balaban J connectivity index is 2.02. The molecule has 1 N–H and O–H groups in total. The van der Waals surface area contributed by atoms with Gasteiger partial charge in [0.25, 0.3) is 0 Å². The third-order valence-corrected chi connectivity index (χ3v) is 6.48. The number of hydrogen-bond donors (Lipinski definition) is 1. The zero-order chi connectivity index (χ0) is 21.8. The predicted molar refractivity (Wildman–Crippen MR) is 118 cm³/mol. The number of benzene rings is 1. The molecule has 30 heavy (non-hydrogen) atoms. The van der Waals surface area contributed by atoms with Gasteiger partial charge in [-0.1, -0.05) is 42.3 Å². The number of urea groups is 1. The molecule has 1 atom stereocenters. The van der Waals surface area contributed by atoms with Crippen LogP contribution in [0.4, 0.5) is 4.79 Å². The minimum absolute atomic E-state index is 0.235. The molecule has 1 aromatic rings. The van der Waals surface area contributed by atoms with Crippen LogP contribution in [-0.4, -0.2) is 79.6 Å². The lowest BCUT2D eigenvalue weighted by Gasteiger charge is -2.39. The van der Waals surface area contributed by atoms with Gasteiger partial charge in [0.2, 0.25) is 0 Å². The van der Waals surface area contributed by atoms with Crippen LogP contribution in [0.2, 0.25) is 10.0 Å². The Kier molecular flexibility index (Phi) is 7.63. The number of esters is 1. The first-order valence-electron chi connectivity index (χ1n) is 10.2. The molecule has 0 saturated carbocycles. The number of halogens is 2. The Morgan fingerprint density at radius 3 is 2.47 bits per heavy atom. The monoisotopic (exact) mass is 454 g/mol. The van der Waals surface area contributed by atoms with E-state index in [9.17, 15) is 9.59 Å². The Morgan fingerprint density at radius 2 is 1.83 bits per heavy atom. The van der Waals surface area contributed by atoms with Crippen molar-refractivity contribution < 1.29 is 14.3 Å². The number of carbonyl (C=O) groups is 2. The summed E-state index contributed by atoms with van der Waals surface area (Å²) in [5, 5.41) is 3.56. The van der Waals surface area contributed by atoms with Gasteiger partial charge >= 0.3 is 12.0 Å². The SMILES string of the molecule is CCOC(=O)C1=C(CN2CCN(CC)CC2)N(C)C(=O)NC1c1cccc(Cl)c1Cl. The molecule has 0 aliphatic carbocycles. The molecule has 2 amide bonds. The second-order valence-electron chi connectivity index (χ2n) is 7.38. The van der Waals surface area contributed by atoms with E-state index in [-0.39, 0.29) is 12.6 Å². The Labute approximate surface area is 187 Å². The van der Waals surface area contributed by atoms with E-state index in [0.29, 0.717) is 33.4 Å². The lowest BCUT2D eigenvalue weighted by atomic mass is 9.94. The first-order chi connectivity index (χ1) is 14.4. The van der Waals surface area contributed by atoms with Gasteiger partial charge in [0, 0.05) is 45.5 Å². The first-order valence-corrected chi connectivity index (χ1v) is 11.0. The molecule has 9 heteroatoms. The normalized spacial score (nSPS) is 21.0. The first kappa shape index (κ1) is 22.9. The maximum Gasteiger partial charge on any atom is 0.338 e. The summed E-state index contributed by atoms with van der Waals surface area (Å²) < 4.78 is 5.36. The van der Waals surface area contributed by atoms with Gasteiger partial charge in [0.05, 0.1) is 28.3 Å². The van der Waals surface area contributed by atoms with Gasteiger partial charge < -0.3 is 15.0 Å². The zero-order valence-corrected chi connectivity index (χ0v) is 19.1. The number of amides is 2. The lowest BCUT2D eigenvalue weighted by molar-refractivity contribution is -0.139. The molecule has 0 radical (unpaired) electrons. The van der Waals surface area contributed by atoms with Gasteiger partial charge in [0.15, 0.2) is 0 Å². The fourth-order valence-electron chi connectivity index (χ4n) is 3.85. The molecule has 1 aromatic carbocycles. The molecule has 2 aliphatic rings. The molecule has 2 aliphatic heterocycles. The van der Waals surface area contributed by atoms with Crippen LogP contribution in [0.25, 0.3) is 0 Å². The summed E-state index contributed by atoms with van der Waals surface area (Å²) in [6.07, 6.45) is 0. The Hall–Kier alpha value is -1.80. The molecule has 164 valence electrons. The number of hydrogen-bond acceptors (Lipinski definition) is 5. The molecule has 2 heterocycles. The molecular formula is C21H28Cl2N4O3. The fourth-order valence-corrected chi connectivity index (χ4v) is 4.27. The molecular weight excluding hydrogens is 427 g/mol. The van der Waals surface area contributed by atoms with Gasteiger partial charge in [-0.2, -0.15) is 0 Å². The quantitative estimate of drug-likeness (QED) is 0.668. The number of carbonyl (C=O) groups excluding carboxylic acids is 2. The predicted octanol–water partition coefficient (Wildman–Crippen LogP) is 3.14. The number of nitrogens with one attached hydrogen (secondary N) is 1. The number of rotatable bonds is 6. The molecule has 1 fully saturated rings. The van der Waals surface area contributed by atoms with Crippen LogP contribution in [0.1, 0.15) is 25.5 Å². The third-order valence-electron chi connectivity index (χ3n) is 5.65. The van der Waals surface area contributed by atoms with Crippen LogP contribution in [0.5, 0.6) is 0 Å². The van der Waals surface area contributed by atoms with Crippen molar-refractivity contribution in [3.63, 3.8) is 0 Å². The van der Waals surface area contributed by atoms with Crippen LogP contribution in [0.15, 0.2) is 29.5 Å². The minimum Gasteiger partial charge on any atom is -0.463 e. The second kappa shape index (κ2) is 10.0. The van der Waals surface area contributed by atoms with Gasteiger partial charge in [-0.3, -0.25) is 9.80 Å². The van der Waals surface area contributed by atoms with E-state index in [1.165, 1.54) is 4.90 Å². The molecule has 1 unspecified atom stereocenters. The van der Waals surface area contributed by atoms with E-state index in [4.69, 9.17) is 27.9 Å². The molecule has 0 aromatic heterocycles. The van der Waals surface area contributed by atoms with Crippen molar-refractivity contribution in [3.8, 4) is 0 Å². The standard InChI is InChI=1S/C21H28Cl2N4O3/c1-4-26-9-11-27(12-10-26)13-16-17(20(28)30-5-2)19(24-21(29)25(16)3)14-7-6-8-15(22)18(14)23/h6-8,19H,4-5,9-13H2,1-3H3,(H,24,29). The van der Waals surface area contributed by atoms with Crippen LogP contribution < -0.4 is 5.32 Å². The second-order valence-corrected chi connectivity index (χ2v) is 8.16. The number of ether oxygens (including phenoxy) is 1. The van der Waals surface area contributed by atoms with Gasteiger partial charge in [-0.25, -0.2) is 9.59 Å². The van der Waals surface area contributed by atoms with Crippen molar-refractivity contribution in [1.29, 1.82) is 0 Å². The smallest absolute Gasteiger partial charge is 0.338 e. The van der Waals surface area contributed by atoms with Crippen LogP contribution in [0, 0.1) is 0 Å². The van der Waals surface area contributed by atoms with Crippen molar-refractivity contribution in [2.75, 3.05) is 52.9 Å². The third kappa shape index (κ3) is 4.75. The number of piperazine rings is 1. The van der Waals surface area contributed by atoms with E-state index in [1.54, 1.807) is 32.2 Å². The Morgan fingerprint density at radius 1 is 1.17 bits per heavy atom. The molecule has 3 rings (SSSR count). The van der Waals surface area contributed by atoms with E-state index in [0.717, 1.165) is 32.7 Å². The largest absolute Gasteiger partial charge is 0.463 e. The molecule has 0 bridgehead atoms. The summed E-state index contributed by atoms with van der Waals surface area (Å²) in [4.78, 5) is 31.9. The van der Waals surface area contributed by atoms with E-state index < -0.39 is 12.0 Å². The average Bonchev–Trinajstić information content (AvgIpc) is 2.74. The highest BCUT2D eigenvalue weighted by molar-refractivity contribution is 6.42. The van der Waals surface area contributed by atoms with Crippen LogP contribution in [-0.2, 0) is 9.53 Å². The average molecular weight is 455 g/mol. The summed E-state index contributed by atoms with van der Waals surface area (Å²) in [6.45, 7) is 9.28. The fraction of sp³-hybridized carbons (Fsp3) is 0.524. The summed E-state index contributed by atoms with van der Waals surface area (Å²) in [6, 6.07) is 4.16. The van der Waals surface area contributed by atoms with Crippen molar-refractivity contribution in [1.82, 2.24) is 20.0 Å². The summed E-state index contributed by atoms with van der Waals surface area (Å²) in [7, 11) is 1.67. The molecule has 1 saturated heterocycles. The van der Waals surface area contributed by atoms with Gasteiger partial charge in [-0.15, -0.1) is 0 Å². The number of nitrogens with zero attached hydrogens (tertiary/aromatic N) is 3. The van der Waals surface area contributed by atoms with Crippen molar-refractivity contribution in [2.24, 2.45) is 0 Å². The van der Waals surface area contributed by atoms with Crippen molar-refractivity contribution in [3.05, 3.63) is 45.1 Å². The lowest BCUT2D eigenvalue weighted by Crippen LogP contribution is -2.52. The summed E-state index contributed by atoms with van der Waals surface area (Å²) in [5.74, 6) is -0.465. The van der Waals surface area contributed by atoms with Crippen LogP contribution in [0.3, 0.4) is 0 Å². The maximum atomic E-state index is 13.0. The highest BCUT2D eigenvalue weighted by Crippen LogP contribution is 2.37. The van der Waals surface area contributed by atoms with E-state index >= 15 is 0 Å². The maximum absolute atomic E-state index is 13.0. The minimum atomic E-state index is -0.731. The molecule has 0 spiro atoms. The topological polar surface area (TPSA) is 65.1 Å². The van der Waals surface area contributed by atoms with E-state index in [1.807, 2.05) is 0 Å². The highest BCUT2D eigenvalue weighted by atomic mass is 35.5. The van der Waals surface area contributed by atoms with Crippen molar-refractivity contribution >= 4 is 35.2 Å². The summed E-state index contributed by atoms with van der Waals surface area (Å²) in [5.41, 5.74) is 1.59. The molecule has 7 nitrogen and oxygen atoms in total. The van der Waals surface area contributed by atoms with Gasteiger partial charge in [0.1, 0.15) is 0 Å². The zero-order valence-electron chi connectivity index (χ0n) is 17.6. The van der Waals surface area contributed by atoms with Crippen LogP contribution >= 0.6 is 23.2 Å². The van der Waals surface area contributed by atoms with Crippen molar-refractivity contribution in [2.45, 2.75) is 19.9 Å². The van der Waals surface area contributed by atoms with E-state index in [2.05, 4.69) is 22.0 Å². The highest BCUT2D eigenvalue weighted by Gasteiger charge is 2.38. The number of likely N-dealkylation sites (N-methyl/N-ethyl adjacent to an activating group) is 2. The summed E-state index contributed by atoms with van der Waals surface area (Å²) >= 11 is 12.6. The van der Waals surface area contributed by atoms with Gasteiger partial charge in [-0.05, 0) is 25.1 Å².